The van der Waals surface area contributed by atoms with Crippen molar-refractivity contribution in [2.45, 2.75) is 77.9 Å². The summed E-state index contributed by atoms with van der Waals surface area (Å²) in [5, 5.41) is 21.3. The van der Waals surface area contributed by atoms with Crippen LogP contribution in [0.4, 0.5) is 0 Å². The SMILES string of the molecule is C=C1C[C@]2(C)CC/C=C(/C)CC/C=C(/C)CC[C@@H]1[C@@H](O)[C@@H]2O. The van der Waals surface area contributed by atoms with Gasteiger partial charge in [-0.3, -0.25) is 0 Å². The zero-order valence-electron chi connectivity index (χ0n) is 14.4. The van der Waals surface area contributed by atoms with Crippen LogP contribution < -0.4 is 0 Å². The van der Waals surface area contributed by atoms with E-state index in [1.165, 1.54) is 11.1 Å². The van der Waals surface area contributed by atoms with Crippen LogP contribution in [-0.4, -0.2) is 22.4 Å². The fraction of sp³-hybridized carbons (Fsp3) is 0.700. The Labute approximate surface area is 135 Å². The number of hydrogen-bond acceptors (Lipinski definition) is 2. The van der Waals surface area contributed by atoms with Gasteiger partial charge in [-0.05, 0) is 58.8 Å². The Morgan fingerprint density at radius 1 is 1.09 bits per heavy atom. The Morgan fingerprint density at radius 3 is 2.45 bits per heavy atom. The Bertz CT molecular complexity index is 474. The summed E-state index contributed by atoms with van der Waals surface area (Å²) in [4.78, 5) is 0. The van der Waals surface area contributed by atoms with E-state index in [0.29, 0.717) is 0 Å². The second-order valence-electron chi connectivity index (χ2n) is 7.75. The molecule has 4 atom stereocenters. The van der Waals surface area contributed by atoms with Gasteiger partial charge in [0, 0.05) is 11.3 Å². The van der Waals surface area contributed by atoms with Crippen LogP contribution in [0.5, 0.6) is 0 Å². The molecule has 0 amide bonds. The number of aliphatic hydroxyl groups excluding tert-OH is 2. The molecule has 0 aliphatic heterocycles. The average Bonchev–Trinajstić information content (AvgIpc) is 2.44. The minimum Gasteiger partial charge on any atom is -0.390 e. The van der Waals surface area contributed by atoms with Crippen molar-refractivity contribution in [3.63, 3.8) is 0 Å². The molecule has 0 radical (unpaired) electrons. The summed E-state index contributed by atoms with van der Waals surface area (Å²) in [6.45, 7) is 10.7. The third-order valence-corrected chi connectivity index (χ3v) is 5.69. The number of hydrogen-bond donors (Lipinski definition) is 2. The second-order valence-corrected chi connectivity index (χ2v) is 7.75. The maximum absolute atomic E-state index is 10.7. The van der Waals surface area contributed by atoms with Crippen molar-refractivity contribution in [2.75, 3.05) is 0 Å². The van der Waals surface area contributed by atoms with Crippen molar-refractivity contribution >= 4 is 0 Å². The van der Waals surface area contributed by atoms with Crippen molar-refractivity contribution in [2.24, 2.45) is 11.3 Å². The van der Waals surface area contributed by atoms with E-state index in [9.17, 15) is 10.2 Å². The third-order valence-electron chi connectivity index (χ3n) is 5.69. The zero-order valence-corrected chi connectivity index (χ0v) is 14.4. The molecule has 3 rings (SSSR count). The van der Waals surface area contributed by atoms with Crippen molar-refractivity contribution in [3.8, 4) is 0 Å². The molecule has 2 N–H and O–H groups in total. The van der Waals surface area contributed by atoms with Crippen LogP contribution in [0.25, 0.3) is 0 Å². The maximum atomic E-state index is 10.7. The van der Waals surface area contributed by atoms with Crippen molar-refractivity contribution < 1.29 is 10.2 Å². The van der Waals surface area contributed by atoms with E-state index in [2.05, 4.69) is 39.5 Å². The van der Waals surface area contributed by atoms with Crippen LogP contribution in [0.3, 0.4) is 0 Å². The zero-order chi connectivity index (χ0) is 16.3. The largest absolute Gasteiger partial charge is 0.390 e. The molecule has 1 fully saturated rings. The highest BCUT2D eigenvalue weighted by atomic mass is 16.3. The van der Waals surface area contributed by atoms with Crippen LogP contribution in [0.15, 0.2) is 35.5 Å². The molecule has 0 unspecified atom stereocenters. The highest BCUT2D eigenvalue weighted by molar-refractivity contribution is 5.17. The van der Waals surface area contributed by atoms with Gasteiger partial charge in [0.15, 0.2) is 0 Å². The van der Waals surface area contributed by atoms with Gasteiger partial charge < -0.3 is 10.2 Å². The standard InChI is InChI=1S/C20H32O2/c1-14-7-5-8-15(2)10-11-17-16(3)13-20(4,12-6-9-14)19(22)18(17)21/h8-9,17-19,21-22H,3,5-7,10-13H2,1-2,4H3/b14-9-,15-8-/t17-,18+,19-,20-/m0/s1. The van der Waals surface area contributed by atoms with Crippen LogP contribution in [0.2, 0.25) is 0 Å². The molecule has 2 heteroatoms. The van der Waals surface area contributed by atoms with E-state index in [1.54, 1.807) is 0 Å². The predicted octanol–water partition coefficient (Wildman–Crippen LogP) is 4.54. The van der Waals surface area contributed by atoms with E-state index in [4.69, 9.17) is 0 Å². The molecule has 0 aromatic rings. The van der Waals surface area contributed by atoms with Gasteiger partial charge in [-0.25, -0.2) is 0 Å². The van der Waals surface area contributed by atoms with E-state index < -0.39 is 12.2 Å². The molecule has 0 saturated heterocycles. The molecule has 124 valence electrons. The Morgan fingerprint density at radius 2 is 1.73 bits per heavy atom. The molecule has 0 aromatic heterocycles. The predicted molar refractivity (Wildman–Crippen MR) is 92.6 cm³/mol. The van der Waals surface area contributed by atoms with E-state index in [1.807, 2.05) is 0 Å². The average molecular weight is 304 g/mol. The first-order valence-corrected chi connectivity index (χ1v) is 8.68. The fourth-order valence-corrected chi connectivity index (χ4v) is 4.02. The van der Waals surface area contributed by atoms with E-state index in [0.717, 1.165) is 50.5 Å². The fourth-order valence-electron chi connectivity index (χ4n) is 4.02. The summed E-state index contributed by atoms with van der Waals surface area (Å²) in [5.41, 5.74) is 3.67. The lowest BCUT2D eigenvalue weighted by molar-refractivity contribution is -0.100. The molecule has 2 bridgehead atoms. The highest BCUT2D eigenvalue weighted by Crippen LogP contribution is 2.46. The summed E-state index contributed by atoms with van der Waals surface area (Å²) in [5.74, 6) is 0.0339. The molecular formula is C20H32O2. The first-order valence-electron chi connectivity index (χ1n) is 8.68. The molecular weight excluding hydrogens is 272 g/mol. The lowest BCUT2D eigenvalue weighted by atomic mass is 9.63. The number of aliphatic hydroxyl groups is 2. The Balaban J connectivity index is 2.25. The van der Waals surface area contributed by atoms with Gasteiger partial charge in [-0.1, -0.05) is 42.4 Å². The number of rotatable bonds is 0. The monoisotopic (exact) mass is 304 g/mol. The molecule has 1 saturated carbocycles. The van der Waals surface area contributed by atoms with Gasteiger partial charge in [-0.2, -0.15) is 0 Å². The minimum absolute atomic E-state index is 0.0339. The van der Waals surface area contributed by atoms with Gasteiger partial charge in [0.25, 0.3) is 0 Å². The lowest BCUT2D eigenvalue weighted by Crippen LogP contribution is -2.50. The van der Waals surface area contributed by atoms with Crippen molar-refractivity contribution in [3.05, 3.63) is 35.5 Å². The lowest BCUT2D eigenvalue weighted by Gasteiger charge is -2.46. The molecule has 3 aliphatic rings. The minimum atomic E-state index is -0.674. The number of allylic oxidation sites excluding steroid dienone is 4. The summed E-state index contributed by atoms with van der Waals surface area (Å²) in [6, 6.07) is 0. The highest BCUT2D eigenvalue weighted by Gasteiger charge is 2.46. The molecule has 0 spiro atoms. The Kier molecular flexibility index (Phi) is 5.68. The molecule has 2 nitrogen and oxygen atoms in total. The third kappa shape index (κ3) is 3.91. The summed E-state index contributed by atoms with van der Waals surface area (Å²) in [7, 11) is 0. The topological polar surface area (TPSA) is 40.5 Å². The van der Waals surface area contributed by atoms with Gasteiger partial charge in [0.2, 0.25) is 0 Å². The normalized spacial score (nSPS) is 43.0. The van der Waals surface area contributed by atoms with Crippen LogP contribution in [0.1, 0.15) is 65.7 Å². The second kappa shape index (κ2) is 7.14. The van der Waals surface area contributed by atoms with Gasteiger partial charge >= 0.3 is 0 Å². The van der Waals surface area contributed by atoms with Crippen molar-refractivity contribution in [1.82, 2.24) is 0 Å². The molecule has 22 heavy (non-hydrogen) atoms. The van der Waals surface area contributed by atoms with Gasteiger partial charge in [0.1, 0.15) is 0 Å². The van der Waals surface area contributed by atoms with Crippen LogP contribution in [-0.2, 0) is 0 Å². The molecule has 0 heterocycles. The van der Waals surface area contributed by atoms with Crippen LogP contribution in [0, 0.1) is 11.3 Å². The quantitative estimate of drug-likeness (QED) is 0.645. The maximum Gasteiger partial charge on any atom is 0.0869 e. The first kappa shape index (κ1) is 17.5. The van der Waals surface area contributed by atoms with Gasteiger partial charge in [-0.15, -0.1) is 0 Å². The summed E-state index contributed by atoms with van der Waals surface area (Å²) >= 11 is 0. The van der Waals surface area contributed by atoms with Crippen LogP contribution >= 0.6 is 0 Å². The number of fused-ring (bicyclic) bond motifs is 9. The van der Waals surface area contributed by atoms with Gasteiger partial charge in [0.05, 0.1) is 12.2 Å². The molecule has 3 aliphatic carbocycles. The van der Waals surface area contributed by atoms with Crippen molar-refractivity contribution in [1.29, 1.82) is 0 Å². The summed E-state index contributed by atoms with van der Waals surface area (Å²) < 4.78 is 0. The van der Waals surface area contributed by atoms with E-state index >= 15 is 0 Å². The first-order chi connectivity index (χ1) is 10.3. The van der Waals surface area contributed by atoms with E-state index in [-0.39, 0.29) is 11.3 Å². The molecule has 0 aromatic carbocycles. The summed E-state index contributed by atoms with van der Waals surface area (Å²) in [6.07, 6.45) is 10.1. The Hall–Kier alpha value is -0.860. The smallest absolute Gasteiger partial charge is 0.0869 e.